The highest BCUT2D eigenvalue weighted by Gasteiger charge is 2.13. The van der Waals surface area contributed by atoms with Crippen molar-refractivity contribution in [3.8, 4) is 11.5 Å². The van der Waals surface area contributed by atoms with Crippen molar-refractivity contribution in [2.75, 3.05) is 45.4 Å². The molecule has 1 saturated heterocycles. The molecule has 1 heterocycles. The summed E-state index contributed by atoms with van der Waals surface area (Å²) in [6.45, 7) is 6.20. The van der Waals surface area contributed by atoms with Crippen LogP contribution in [-0.2, 0) is 24.4 Å². The quantitative estimate of drug-likeness (QED) is 0.488. The van der Waals surface area contributed by atoms with Crippen LogP contribution >= 0.6 is 0 Å². The molecule has 1 fully saturated rings. The van der Waals surface area contributed by atoms with Gasteiger partial charge >= 0.3 is 0 Å². The third kappa shape index (κ3) is 6.02. The van der Waals surface area contributed by atoms with E-state index in [0.717, 1.165) is 57.4 Å². The molecule has 4 rings (SSSR count). The summed E-state index contributed by atoms with van der Waals surface area (Å²) in [5, 5.41) is 0. The van der Waals surface area contributed by atoms with E-state index in [1.54, 1.807) is 14.2 Å². The SMILES string of the molecule is COc1cccc(CN(Cc2cccc(OC)c2)c2ccc(CN3CCOCC3)cc2)c1. The van der Waals surface area contributed by atoms with Gasteiger partial charge in [-0.3, -0.25) is 4.90 Å². The Balaban J connectivity index is 1.54. The van der Waals surface area contributed by atoms with Crippen molar-refractivity contribution < 1.29 is 14.2 Å². The van der Waals surface area contributed by atoms with E-state index < -0.39 is 0 Å². The molecule has 0 amide bonds. The van der Waals surface area contributed by atoms with Crippen LogP contribution in [0.5, 0.6) is 11.5 Å². The molecular weight excluding hydrogens is 400 g/mol. The highest BCUT2D eigenvalue weighted by atomic mass is 16.5. The van der Waals surface area contributed by atoms with Gasteiger partial charge in [-0.05, 0) is 53.1 Å². The summed E-state index contributed by atoms with van der Waals surface area (Å²) < 4.78 is 16.3. The standard InChI is InChI=1S/C27H32N2O3/c1-30-26-7-3-5-23(17-26)20-29(21-24-6-4-8-27(18-24)31-2)25-11-9-22(10-12-25)19-28-13-15-32-16-14-28/h3-12,17-18H,13-16,19-21H2,1-2H3. The van der Waals surface area contributed by atoms with Crippen molar-refractivity contribution >= 4 is 5.69 Å². The summed E-state index contributed by atoms with van der Waals surface area (Å²) in [6.07, 6.45) is 0. The van der Waals surface area contributed by atoms with E-state index in [1.807, 2.05) is 24.3 Å². The summed E-state index contributed by atoms with van der Waals surface area (Å²) in [6, 6.07) is 25.5. The van der Waals surface area contributed by atoms with Gasteiger partial charge in [0.2, 0.25) is 0 Å². The zero-order chi connectivity index (χ0) is 22.2. The summed E-state index contributed by atoms with van der Waals surface area (Å²) in [5.41, 5.74) is 4.95. The molecule has 0 saturated carbocycles. The largest absolute Gasteiger partial charge is 0.497 e. The molecule has 5 heteroatoms. The molecule has 0 N–H and O–H groups in total. The third-order valence-corrected chi connectivity index (χ3v) is 5.83. The number of nitrogens with zero attached hydrogens (tertiary/aromatic N) is 2. The Kier molecular flexibility index (Phi) is 7.64. The number of anilines is 1. The summed E-state index contributed by atoms with van der Waals surface area (Å²) >= 11 is 0. The van der Waals surface area contributed by atoms with E-state index in [2.05, 4.69) is 58.3 Å². The van der Waals surface area contributed by atoms with Crippen molar-refractivity contribution in [2.24, 2.45) is 0 Å². The van der Waals surface area contributed by atoms with Crippen LogP contribution in [0.3, 0.4) is 0 Å². The van der Waals surface area contributed by atoms with E-state index in [-0.39, 0.29) is 0 Å². The molecule has 3 aromatic rings. The molecule has 0 radical (unpaired) electrons. The fourth-order valence-electron chi connectivity index (χ4n) is 4.05. The maximum atomic E-state index is 5.47. The van der Waals surface area contributed by atoms with Crippen LogP contribution < -0.4 is 14.4 Å². The van der Waals surface area contributed by atoms with Gasteiger partial charge < -0.3 is 19.1 Å². The Hall–Kier alpha value is -3.02. The van der Waals surface area contributed by atoms with Gasteiger partial charge in [0.15, 0.2) is 0 Å². The number of methoxy groups -OCH3 is 2. The molecule has 1 aliphatic heterocycles. The van der Waals surface area contributed by atoms with Crippen LogP contribution in [0.4, 0.5) is 5.69 Å². The van der Waals surface area contributed by atoms with E-state index in [1.165, 1.54) is 22.4 Å². The van der Waals surface area contributed by atoms with Crippen molar-refractivity contribution in [3.05, 3.63) is 89.5 Å². The van der Waals surface area contributed by atoms with E-state index in [9.17, 15) is 0 Å². The minimum absolute atomic E-state index is 0.789. The number of benzene rings is 3. The lowest BCUT2D eigenvalue weighted by Crippen LogP contribution is -2.35. The van der Waals surface area contributed by atoms with Crippen LogP contribution in [0.25, 0.3) is 0 Å². The average molecular weight is 433 g/mol. The maximum absolute atomic E-state index is 5.47. The monoisotopic (exact) mass is 432 g/mol. The molecule has 0 unspecified atom stereocenters. The second-order valence-electron chi connectivity index (χ2n) is 8.11. The van der Waals surface area contributed by atoms with Crippen molar-refractivity contribution in [3.63, 3.8) is 0 Å². The van der Waals surface area contributed by atoms with Gasteiger partial charge in [0.1, 0.15) is 11.5 Å². The Labute approximate surface area is 191 Å². The Morgan fingerprint density at radius 1 is 0.750 bits per heavy atom. The lowest BCUT2D eigenvalue weighted by Gasteiger charge is -2.28. The number of hydrogen-bond acceptors (Lipinski definition) is 5. The van der Waals surface area contributed by atoms with Gasteiger partial charge in [0.05, 0.1) is 27.4 Å². The van der Waals surface area contributed by atoms with Gasteiger partial charge in [-0.2, -0.15) is 0 Å². The maximum Gasteiger partial charge on any atom is 0.119 e. The fraction of sp³-hybridized carbons (Fsp3) is 0.333. The lowest BCUT2D eigenvalue weighted by atomic mass is 10.1. The van der Waals surface area contributed by atoms with Gasteiger partial charge in [-0.25, -0.2) is 0 Å². The molecular formula is C27H32N2O3. The van der Waals surface area contributed by atoms with E-state index in [4.69, 9.17) is 14.2 Å². The minimum Gasteiger partial charge on any atom is -0.497 e. The Bertz CT molecular complexity index is 935. The Morgan fingerprint density at radius 2 is 1.31 bits per heavy atom. The number of rotatable bonds is 9. The van der Waals surface area contributed by atoms with E-state index in [0.29, 0.717) is 0 Å². The zero-order valence-electron chi connectivity index (χ0n) is 19.0. The normalized spacial score (nSPS) is 14.2. The smallest absolute Gasteiger partial charge is 0.119 e. The average Bonchev–Trinajstić information content (AvgIpc) is 2.85. The van der Waals surface area contributed by atoms with Gasteiger partial charge in [0.25, 0.3) is 0 Å². The predicted octanol–water partition coefficient (Wildman–Crippen LogP) is 4.74. The van der Waals surface area contributed by atoms with Crippen molar-refractivity contribution in [1.82, 2.24) is 4.90 Å². The topological polar surface area (TPSA) is 34.2 Å². The minimum atomic E-state index is 0.789. The van der Waals surface area contributed by atoms with E-state index >= 15 is 0 Å². The number of morpholine rings is 1. The van der Waals surface area contributed by atoms with Crippen molar-refractivity contribution in [1.29, 1.82) is 0 Å². The van der Waals surface area contributed by atoms with Crippen LogP contribution in [0.15, 0.2) is 72.8 Å². The van der Waals surface area contributed by atoms with Crippen LogP contribution in [0, 0.1) is 0 Å². The molecule has 5 nitrogen and oxygen atoms in total. The second-order valence-corrected chi connectivity index (χ2v) is 8.11. The second kappa shape index (κ2) is 11.0. The molecule has 0 bridgehead atoms. The van der Waals surface area contributed by atoms with Gasteiger partial charge in [-0.1, -0.05) is 36.4 Å². The summed E-state index contributed by atoms with van der Waals surface area (Å²) in [7, 11) is 3.42. The third-order valence-electron chi connectivity index (χ3n) is 5.83. The molecule has 1 aliphatic rings. The van der Waals surface area contributed by atoms with Gasteiger partial charge in [0, 0.05) is 38.4 Å². The summed E-state index contributed by atoms with van der Waals surface area (Å²) in [4.78, 5) is 4.84. The first-order chi connectivity index (χ1) is 15.7. The fourth-order valence-corrected chi connectivity index (χ4v) is 4.05. The molecule has 168 valence electrons. The first kappa shape index (κ1) is 22.2. The summed E-state index contributed by atoms with van der Waals surface area (Å²) in [5.74, 6) is 1.76. The number of hydrogen-bond donors (Lipinski definition) is 0. The number of ether oxygens (including phenoxy) is 3. The zero-order valence-corrected chi connectivity index (χ0v) is 19.0. The first-order valence-electron chi connectivity index (χ1n) is 11.1. The molecule has 0 aliphatic carbocycles. The van der Waals surface area contributed by atoms with Crippen LogP contribution in [0.2, 0.25) is 0 Å². The highest BCUT2D eigenvalue weighted by molar-refractivity contribution is 5.49. The lowest BCUT2D eigenvalue weighted by molar-refractivity contribution is 0.0342. The Morgan fingerprint density at radius 3 is 1.84 bits per heavy atom. The highest BCUT2D eigenvalue weighted by Crippen LogP contribution is 2.24. The van der Waals surface area contributed by atoms with Crippen LogP contribution in [0.1, 0.15) is 16.7 Å². The molecule has 32 heavy (non-hydrogen) atoms. The van der Waals surface area contributed by atoms with Gasteiger partial charge in [-0.15, -0.1) is 0 Å². The predicted molar refractivity (Wildman–Crippen MR) is 128 cm³/mol. The molecule has 0 spiro atoms. The molecule has 3 aromatic carbocycles. The molecule has 0 atom stereocenters. The first-order valence-corrected chi connectivity index (χ1v) is 11.1. The van der Waals surface area contributed by atoms with Crippen molar-refractivity contribution in [2.45, 2.75) is 19.6 Å². The van der Waals surface area contributed by atoms with Crippen LogP contribution in [-0.4, -0.2) is 45.4 Å². The molecule has 0 aromatic heterocycles.